The molecule has 6 aromatic rings. The first-order chi connectivity index (χ1) is 12.6. The minimum absolute atomic E-state index is 0.957. The van der Waals surface area contributed by atoms with Crippen molar-refractivity contribution in [3.8, 4) is 0 Å². The van der Waals surface area contributed by atoms with Gasteiger partial charge in [-0.15, -0.1) is 0 Å². The molecule has 128 valence electrons. The fourth-order valence-corrected chi connectivity index (χ4v) is 5.25. The van der Waals surface area contributed by atoms with Crippen molar-refractivity contribution in [1.82, 2.24) is 26.1 Å². The standard InChI is InChI=1S/C19H15IN6/c1-10-5-4-6-12-15(10)22-19-25(12)14-9-13-16(11(2)17(14)26(19)20)23(3)18-21-7-8-24(13)18/h4-9H,1-3H3. The third kappa shape index (κ3) is 1.50. The van der Waals surface area contributed by atoms with Crippen LogP contribution in [0.5, 0.6) is 0 Å². The molecule has 0 aliphatic rings. The van der Waals surface area contributed by atoms with Gasteiger partial charge >= 0.3 is 0 Å². The van der Waals surface area contributed by atoms with E-state index in [1.54, 1.807) is 0 Å². The summed E-state index contributed by atoms with van der Waals surface area (Å²) in [6.45, 7) is 4.30. The van der Waals surface area contributed by atoms with Crippen LogP contribution < -0.4 is 0 Å². The van der Waals surface area contributed by atoms with Gasteiger partial charge in [0.25, 0.3) is 0 Å². The molecule has 0 aliphatic heterocycles. The number of halogens is 1. The van der Waals surface area contributed by atoms with Crippen LogP contribution in [0, 0.1) is 13.8 Å². The Kier molecular flexibility index (Phi) is 2.58. The zero-order chi connectivity index (χ0) is 17.7. The van der Waals surface area contributed by atoms with Gasteiger partial charge in [-0.1, -0.05) is 12.1 Å². The van der Waals surface area contributed by atoms with E-state index in [9.17, 15) is 0 Å². The largest absolute Gasteiger partial charge is 0.312 e. The number of fused-ring (bicyclic) bond motifs is 8. The van der Waals surface area contributed by atoms with Crippen LogP contribution in [-0.4, -0.2) is 26.1 Å². The van der Waals surface area contributed by atoms with Crippen LogP contribution in [0.1, 0.15) is 11.1 Å². The van der Waals surface area contributed by atoms with E-state index in [4.69, 9.17) is 4.98 Å². The molecular formula is C19H15IN6. The molecule has 2 aromatic carbocycles. The highest BCUT2D eigenvalue weighted by Gasteiger charge is 2.21. The fraction of sp³-hybridized carbons (Fsp3) is 0.158. The van der Waals surface area contributed by atoms with Crippen LogP contribution in [0.2, 0.25) is 0 Å². The third-order valence-electron chi connectivity index (χ3n) is 5.47. The first-order valence-corrected chi connectivity index (χ1v) is 9.44. The van der Waals surface area contributed by atoms with Crippen molar-refractivity contribution in [2.75, 3.05) is 0 Å². The van der Waals surface area contributed by atoms with Gasteiger partial charge in [0, 0.05) is 25.0 Å². The quantitative estimate of drug-likeness (QED) is 0.320. The summed E-state index contributed by atoms with van der Waals surface area (Å²) in [6.07, 6.45) is 3.88. The Morgan fingerprint density at radius 2 is 1.85 bits per heavy atom. The Morgan fingerprint density at radius 3 is 2.69 bits per heavy atom. The van der Waals surface area contributed by atoms with Gasteiger partial charge in [0.2, 0.25) is 11.6 Å². The number of aryl methyl sites for hydroxylation is 3. The lowest BCUT2D eigenvalue weighted by Crippen LogP contribution is -1.93. The summed E-state index contributed by atoms with van der Waals surface area (Å²) in [4.78, 5) is 9.44. The van der Waals surface area contributed by atoms with E-state index in [1.807, 2.05) is 12.4 Å². The molecule has 0 spiro atoms. The molecule has 0 N–H and O–H groups in total. The first-order valence-electron chi connectivity index (χ1n) is 8.47. The van der Waals surface area contributed by atoms with E-state index in [2.05, 4.69) is 89.2 Å². The van der Waals surface area contributed by atoms with E-state index < -0.39 is 0 Å². The number of benzene rings is 2. The molecule has 0 fully saturated rings. The van der Waals surface area contributed by atoms with Crippen molar-refractivity contribution in [3.05, 3.63) is 47.8 Å². The molecule has 4 heterocycles. The summed E-state index contributed by atoms with van der Waals surface area (Å²) < 4.78 is 8.77. The summed E-state index contributed by atoms with van der Waals surface area (Å²) in [5, 5.41) is 0. The summed E-state index contributed by atoms with van der Waals surface area (Å²) in [7, 11) is 2.08. The van der Waals surface area contributed by atoms with E-state index in [0.29, 0.717) is 0 Å². The maximum atomic E-state index is 4.93. The number of imidazole rings is 4. The minimum Gasteiger partial charge on any atom is -0.312 e. The lowest BCUT2D eigenvalue weighted by molar-refractivity contribution is 0.966. The van der Waals surface area contributed by atoms with Gasteiger partial charge in [-0.2, -0.15) is 0 Å². The average Bonchev–Trinajstić information content (AvgIpc) is 3.33. The molecule has 4 aromatic heterocycles. The number of nitrogens with zero attached hydrogens (tertiary/aromatic N) is 6. The molecule has 0 saturated carbocycles. The molecule has 0 aliphatic carbocycles. The van der Waals surface area contributed by atoms with Crippen molar-refractivity contribution < 1.29 is 0 Å². The smallest absolute Gasteiger partial charge is 0.225 e. The number of hydrogen-bond acceptors (Lipinski definition) is 2. The number of rotatable bonds is 0. The molecule has 0 saturated heterocycles. The van der Waals surface area contributed by atoms with Crippen LogP contribution in [0.15, 0.2) is 36.7 Å². The normalized spacial score (nSPS) is 12.6. The van der Waals surface area contributed by atoms with Crippen molar-refractivity contribution >= 4 is 67.5 Å². The minimum atomic E-state index is 0.957. The van der Waals surface area contributed by atoms with E-state index >= 15 is 0 Å². The van der Waals surface area contributed by atoms with E-state index in [0.717, 1.165) is 22.6 Å². The average molecular weight is 454 g/mol. The number of hydrogen-bond donors (Lipinski definition) is 0. The third-order valence-corrected chi connectivity index (χ3v) is 6.38. The predicted octanol–water partition coefficient (Wildman–Crippen LogP) is 4.40. The van der Waals surface area contributed by atoms with Gasteiger partial charge in [0.1, 0.15) is 0 Å². The van der Waals surface area contributed by atoms with Gasteiger partial charge in [-0.3, -0.25) is 8.80 Å². The molecule has 0 amide bonds. The summed E-state index contributed by atoms with van der Waals surface area (Å²) in [5.41, 5.74) is 9.41. The number of aromatic nitrogens is 6. The molecule has 26 heavy (non-hydrogen) atoms. The zero-order valence-corrected chi connectivity index (χ0v) is 16.7. The van der Waals surface area contributed by atoms with Crippen LogP contribution in [0.3, 0.4) is 0 Å². The maximum absolute atomic E-state index is 4.93. The van der Waals surface area contributed by atoms with Gasteiger partial charge in [0.15, 0.2) is 0 Å². The van der Waals surface area contributed by atoms with Crippen molar-refractivity contribution in [2.24, 2.45) is 7.05 Å². The van der Waals surface area contributed by atoms with Gasteiger partial charge in [0.05, 0.1) is 56.0 Å². The lowest BCUT2D eigenvalue weighted by Gasteiger charge is -2.05. The molecule has 6 nitrogen and oxygen atoms in total. The van der Waals surface area contributed by atoms with E-state index in [-0.39, 0.29) is 0 Å². The molecular weight excluding hydrogens is 439 g/mol. The van der Waals surface area contributed by atoms with Gasteiger partial charge in [-0.25, -0.2) is 12.7 Å². The molecule has 0 radical (unpaired) electrons. The molecule has 0 unspecified atom stereocenters. The second-order valence-electron chi connectivity index (χ2n) is 6.86. The van der Waals surface area contributed by atoms with Gasteiger partial charge in [-0.05, 0) is 31.5 Å². The number of para-hydroxylation sites is 1. The second kappa shape index (κ2) is 4.59. The SMILES string of the molecule is Cc1cccc2c1nc1n(I)c3c(C)c4c(cc3n21)n1ccnc1n4C. The topological polar surface area (TPSA) is 44.5 Å². The molecule has 7 heteroatoms. The molecule has 0 atom stereocenters. The summed E-state index contributed by atoms with van der Waals surface area (Å²) in [6, 6.07) is 8.63. The second-order valence-corrected chi connectivity index (χ2v) is 7.83. The van der Waals surface area contributed by atoms with Crippen LogP contribution >= 0.6 is 22.9 Å². The van der Waals surface area contributed by atoms with Crippen molar-refractivity contribution in [2.45, 2.75) is 13.8 Å². The highest BCUT2D eigenvalue weighted by molar-refractivity contribution is 14.1. The zero-order valence-electron chi connectivity index (χ0n) is 14.5. The Labute approximate surface area is 162 Å². The Morgan fingerprint density at radius 1 is 1.00 bits per heavy atom. The van der Waals surface area contributed by atoms with Crippen LogP contribution in [0.4, 0.5) is 0 Å². The van der Waals surface area contributed by atoms with Crippen LogP contribution in [0.25, 0.3) is 44.7 Å². The molecule has 6 rings (SSSR count). The Bertz CT molecular complexity index is 1520. The molecule has 0 bridgehead atoms. The Hall–Kier alpha value is -2.55. The predicted molar refractivity (Wildman–Crippen MR) is 112 cm³/mol. The highest BCUT2D eigenvalue weighted by Crippen LogP contribution is 2.35. The lowest BCUT2D eigenvalue weighted by atomic mass is 10.1. The maximum Gasteiger partial charge on any atom is 0.225 e. The van der Waals surface area contributed by atoms with Gasteiger partial charge < -0.3 is 4.57 Å². The first kappa shape index (κ1) is 14.6. The monoisotopic (exact) mass is 454 g/mol. The Balaban J connectivity index is 1.96. The van der Waals surface area contributed by atoms with Crippen molar-refractivity contribution in [1.29, 1.82) is 0 Å². The fourth-order valence-electron chi connectivity index (χ4n) is 4.32. The van der Waals surface area contributed by atoms with Crippen molar-refractivity contribution in [3.63, 3.8) is 0 Å². The summed E-state index contributed by atoms with van der Waals surface area (Å²) >= 11 is 2.37. The van der Waals surface area contributed by atoms with Crippen LogP contribution in [-0.2, 0) is 7.05 Å². The summed E-state index contributed by atoms with van der Waals surface area (Å²) in [5.74, 6) is 1.92. The van der Waals surface area contributed by atoms with E-state index in [1.165, 1.54) is 33.2 Å². The highest BCUT2D eigenvalue weighted by atomic mass is 127.